The van der Waals surface area contributed by atoms with Gasteiger partial charge in [-0.25, -0.2) is 4.79 Å². The van der Waals surface area contributed by atoms with Crippen LogP contribution >= 0.6 is 0 Å². The second-order valence-corrected chi connectivity index (χ2v) is 12.4. The van der Waals surface area contributed by atoms with Gasteiger partial charge in [-0.15, -0.1) is 10.2 Å². The molecule has 0 unspecified atom stereocenters. The van der Waals surface area contributed by atoms with E-state index in [1.807, 2.05) is 26.0 Å². The number of rotatable bonds is 12. The van der Waals surface area contributed by atoms with Gasteiger partial charge in [-0.05, 0) is 51.0 Å². The SMILES string of the molecule is Cc1ccc2c(c1)C(=O)C(=O)N2CCCn1cc(Cn2ccc(=O)n(Cc3cn(CCCN4C(=O)C(=O)c5cc(C)ccc54)nn3)c2=O)nn1. The molecule has 3 aromatic heterocycles. The average Bonchev–Trinajstić information content (AvgIpc) is 3.85. The summed E-state index contributed by atoms with van der Waals surface area (Å²) in [5, 5.41) is 16.5. The first-order valence-corrected chi connectivity index (χ1v) is 16.1. The largest absolute Gasteiger partial charge is 0.331 e. The topological polar surface area (TPSA) is 180 Å². The third kappa shape index (κ3) is 6.06. The zero-order valence-electron chi connectivity index (χ0n) is 27.4. The van der Waals surface area contributed by atoms with Gasteiger partial charge in [0.1, 0.15) is 11.4 Å². The number of Topliss-reactive ketones (excluding diaryl/α,β-unsaturated/α-hetero) is 2. The molecule has 0 atom stereocenters. The molecule has 0 spiro atoms. The van der Waals surface area contributed by atoms with Gasteiger partial charge in [0.25, 0.3) is 28.9 Å². The molecular weight excluding hydrogens is 644 g/mol. The zero-order valence-corrected chi connectivity index (χ0v) is 27.4. The summed E-state index contributed by atoms with van der Waals surface area (Å²) in [6.07, 6.45) is 5.74. The van der Waals surface area contributed by atoms with Crippen molar-refractivity contribution >= 4 is 34.8 Å². The maximum Gasteiger partial charge on any atom is 0.331 e. The zero-order chi connectivity index (χ0) is 35.1. The Balaban J connectivity index is 0.941. The normalized spacial score (nSPS) is 13.9. The summed E-state index contributed by atoms with van der Waals surface area (Å²) in [6.45, 7) is 5.18. The number of aromatic nitrogens is 8. The van der Waals surface area contributed by atoms with Gasteiger partial charge in [-0.3, -0.25) is 42.5 Å². The van der Waals surface area contributed by atoms with Crippen molar-refractivity contribution in [2.24, 2.45) is 0 Å². The fraction of sp³-hybridized carbons (Fsp3) is 0.294. The number of anilines is 2. The van der Waals surface area contributed by atoms with E-state index < -0.39 is 34.6 Å². The summed E-state index contributed by atoms with van der Waals surface area (Å²) in [5.41, 5.74) is 3.69. The Hall–Kier alpha value is -6.32. The van der Waals surface area contributed by atoms with Crippen molar-refractivity contribution in [3.05, 3.63) is 116 Å². The molecule has 0 fully saturated rings. The van der Waals surface area contributed by atoms with Gasteiger partial charge in [0, 0.05) is 38.4 Å². The number of carbonyl (C=O) groups is 4. The van der Waals surface area contributed by atoms with E-state index in [2.05, 4.69) is 20.6 Å². The number of carbonyl (C=O) groups excluding carboxylic acids is 4. The lowest BCUT2D eigenvalue weighted by atomic mass is 10.1. The van der Waals surface area contributed by atoms with Gasteiger partial charge in [0.05, 0.1) is 48.0 Å². The molecule has 5 heterocycles. The van der Waals surface area contributed by atoms with Gasteiger partial charge in [0.15, 0.2) is 0 Å². The highest BCUT2D eigenvalue weighted by Crippen LogP contribution is 2.31. The Morgan fingerprint density at radius 1 is 0.600 bits per heavy atom. The lowest BCUT2D eigenvalue weighted by molar-refractivity contribution is -0.114. The van der Waals surface area contributed by atoms with Crippen LogP contribution in [0.5, 0.6) is 0 Å². The molecule has 0 bridgehead atoms. The minimum Gasteiger partial charge on any atom is -0.305 e. The summed E-state index contributed by atoms with van der Waals surface area (Å²) in [5.74, 6) is -2.11. The van der Waals surface area contributed by atoms with Crippen LogP contribution in [0.25, 0.3) is 0 Å². The minimum atomic E-state index is -0.557. The minimum absolute atomic E-state index is 0.0675. The Labute approximate surface area is 284 Å². The van der Waals surface area contributed by atoms with E-state index in [4.69, 9.17) is 0 Å². The molecule has 0 aliphatic carbocycles. The maximum atomic E-state index is 13.3. The number of amides is 2. The van der Waals surface area contributed by atoms with Crippen molar-refractivity contribution in [2.45, 2.75) is 52.9 Å². The van der Waals surface area contributed by atoms with Crippen molar-refractivity contribution in [1.82, 2.24) is 39.1 Å². The van der Waals surface area contributed by atoms with E-state index in [0.717, 1.165) is 15.7 Å². The van der Waals surface area contributed by atoms with E-state index in [0.29, 0.717) is 72.9 Å². The average molecular weight is 677 g/mol. The highest BCUT2D eigenvalue weighted by molar-refractivity contribution is 6.52. The number of fused-ring (bicyclic) bond motifs is 2. The molecule has 0 saturated heterocycles. The number of benzene rings is 2. The van der Waals surface area contributed by atoms with Crippen molar-refractivity contribution < 1.29 is 19.2 Å². The molecule has 0 radical (unpaired) electrons. The fourth-order valence-corrected chi connectivity index (χ4v) is 6.25. The summed E-state index contributed by atoms with van der Waals surface area (Å²) in [4.78, 5) is 78.7. The molecule has 50 heavy (non-hydrogen) atoms. The van der Waals surface area contributed by atoms with Crippen molar-refractivity contribution in [2.75, 3.05) is 22.9 Å². The van der Waals surface area contributed by atoms with Gasteiger partial charge in [0.2, 0.25) is 0 Å². The highest BCUT2D eigenvalue weighted by Gasteiger charge is 2.36. The fourth-order valence-electron chi connectivity index (χ4n) is 6.25. The van der Waals surface area contributed by atoms with E-state index in [1.54, 1.807) is 46.0 Å². The van der Waals surface area contributed by atoms with Crippen LogP contribution in [0.2, 0.25) is 0 Å². The second kappa shape index (κ2) is 12.9. The van der Waals surface area contributed by atoms with E-state index in [1.165, 1.54) is 26.6 Å². The molecule has 5 aromatic rings. The molecule has 0 saturated carbocycles. The predicted molar refractivity (Wildman–Crippen MR) is 178 cm³/mol. The van der Waals surface area contributed by atoms with Crippen LogP contribution in [0.4, 0.5) is 11.4 Å². The molecule has 2 aliphatic heterocycles. The maximum absolute atomic E-state index is 13.3. The van der Waals surface area contributed by atoms with Gasteiger partial charge in [-0.1, -0.05) is 33.7 Å². The predicted octanol–water partition coefficient (Wildman–Crippen LogP) is 1.15. The van der Waals surface area contributed by atoms with Gasteiger partial charge < -0.3 is 9.80 Å². The first-order valence-electron chi connectivity index (χ1n) is 16.1. The molecule has 2 amide bonds. The first-order chi connectivity index (χ1) is 24.1. The summed E-state index contributed by atoms with van der Waals surface area (Å²) in [6, 6.07) is 12.0. The third-order valence-electron chi connectivity index (χ3n) is 8.76. The van der Waals surface area contributed by atoms with E-state index in [-0.39, 0.29) is 13.1 Å². The Morgan fingerprint density at radius 2 is 1.10 bits per heavy atom. The number of hydrogen-bond donors (Lipinski definition) is 0. The molecule has 2 aliphatic rings. The number of aryl methyl sites for hydroxylation is 4. The lowest BCUT2D eigenvalue weighted by Gasteiger charge is -2.16. The quantitative estimate of drug-likeness (QED) is 0.174. The van der Waals surface area contributed by atoms with E-state index >= 15 is 0 Å². The van der Waals surface area contributed by atoms with Gasteiger partial charge in [-0.2, -0.15) is 0 Å². The van der Waals surface area contributed by atoms with Crippen LogP contribution in [0.1, 0.15) is 56.1 Å². The molecule has 254 valence electrons. The highest BCUT2D eigenvalue weighted by atomic mass is 16.2. The third-order valence-corrected chi connectivity index (χ3v) is 8.76. The number of hydrogen-bond acceptors (Lipinski definition) is 10. The number of ketones is 2. The molecule has 0 N–H and O–H groups in total. The lowest BCUT2D eigenvalue weighted by Crippen LogP contribution is -2.39. The second-order valence-electron chi connectivity index (χ2n) is 12.4. The standard InChI is InChI=1S/C34H32N10O6/c1-21-5-7-27-25(15-21)30(46)32(48)42(27)12-3-10-40-18-23(35-37-40)17-39-14-9-29(45)44(34(39)50)20-24-19-41(38-36-24)11-4-13-43-28-8-6-22(2)16-26(28)31(47)33(43)49/h5-9,14-16,18-19H,3-4,10-13,17,20H2,1-2H3. The smallest absolute Gasteiger partial charge is 0.305 e. The van der Waals surface area contributed by atoms with Crippen LogP contribution in [0.3, 0.4) is 0 Å². The summed E-state index contributed by atoms with van der Waals surface area (Å²) in [7, 11) is 0. The Kier molecular flexibility index (Phi) is 8.35. The van der Waals surface area contributed by atoms with Crippen molar-refractivity contribution in [3.63, 3.8) is 0 Å². The van der Waals surface area contributed by atoms with Crippen molar-refractivity contribution in [3.8, 4) is 0 Å². The van der Waals surface area contributed by atoms with Crippen LogP contribution in [-0.4, -0.2) is 75.6 Å². The molecule has 16 heteroatoms. The monoisotopic (exact) mass is 676 g/mol. The molecular formula is C34H32N10O6. The Bertz CT molecular complexity index is 2310. The van der Waals surface area contributed by atoms with Crippen molar-refractivity contribution in [1.29, 1.82) is 0 Å². The first kappa shape index (κ1) is 32.2. The molecule has 16 nitrogen and oxygen atoms in total. The molecule has 2 aromatic carbocycles. The van der Waals surface area contributed by atoms with Crippen LogP contribution in [0, 0.1) is 13.8 Å². The number of nitrogens with zero attached hydrogens (tertiary/aromatic N) is 10. The molecule has 7 rings (SSSR count). The van der Waals surface area contributed by atoms with Crippen LogP contribution in [0.15, 0.2) is 70.6 Å². The van der Waals surface area contributed by atoms with E-state index in [9.17, 15) is 28.8 Å². The van der Waals surface area contributed by atoms with Gasteiger partial charge >= 0.3 is 5.69 Å². The Morgan fingerprint density at radius 3 is 1.62 bits per heavy atom. The summed E-state index contributed by atoms with van der Waals surface area (Å²) < 4.78 is 5.57. The van der Waals surface area contributed by atoms with Crippen LogP contribution in [-0.2, 0) is 35.8 Å². The summed E-state index contributed by atoms with van der Waals surface area (Å²) >= 11 is 0. The van der Waals surface area contributed by atoms with Crippen LogP contribution < -0.4 is 21.0 Å².